The number of hydrogen-bond donors (Lipinski definition) is 2. The first-order chi connectivity index (χ1) is 16.1. The van der Waals surface area contributed by atoms with Crippen molar-refractivity contribution < 1.29 is 18.0 Å². The fourth-order valence-electron chi connectivity index (χ4n) is 4.31. The molecular weight excluding hydrogens is 462 g/mol. The molecule has 3 aromatic rings. The fourth-order valence-corrected chi connectivity index (χ4v) is 10.1. The third kappa shape index (κ3) is 5.85. The first kappa shape index (κ1) is 26.3. The maximum atomic E-state index is 12.8. The van der Waals surface area contributed by atoms with Crippen molar-refractivity contribution in [2.24, 2.45) is 0 Å². The molecule has 1 atom stereocenters. The summed E-state index contributed by atoms with van der Waals surface area (Å²) in [5.41, 5.74) is 0.983. The van der Waals surface area contributed by atoms with Crippen molar-refractivity contribution in [3.63, 3.8) is 0 Å². The Kier molecular flexibility index (Phi) is 8.49. The Hall–Kier alpha value is -2.29. The Bertz CT molecular complexity index is 1110. The second-order valence-corrected chi connectivity index (χ2v) is 15.6. The minimum absolute atomic E-state index is 0.175. The summed E-state index contributed by atoms with van der Waals surface area (Å²) in [6, 6.07) is 26.6. The second-order valence-electron chi connectivity index (χ2n) is 9.61. The van der Waals surface area contributed by atoms with E-state index < -0.39 is 24.4 Å². The van der Waals surface area contributed by atoms with E-state index in [-0.39, 0.29) is 16.5 Å². The lowest BCUT2D eigenvalue weighted by Crippen LogP contribution is -2.66. The quantitative estimate of drug-likeness (QED) is 0.420. The van der Waals surface area contributed by atoms with E-state index in [1.807, 2.05) is 43.3 Å². The van der Waals surface area contributed by atoms with Crippen molar-refractivity contribution >= 4 is 28.7 Å². The lowest BCUT2D eigenvalue weighted by Gasteiger charge is -2.43. The zero-order valence-electron chi connectivity index (χ0n) is 20.4. The molecule has 34 heavy (non-hydrogen) atoms. The van der Waals surface area contributed by atoms with Crippen molar-refractivity contribution in [3.05, 3.63) is 90.5 Å². The third-order valence-electron chi connectivity index (χ3n) is 6.08. The van der Waals surface area contributed by atoms with E-state index in [0.29, 0.717) is 13.0 Å². The molecule has 1 unspecified atom stereocenters. The Balaban J connectivity index is 1.84. The van der Waals surface area contributed by atoms with E-state index in [1.54, 1.807) is 24.3 Å². The van der Waals surface area contributed by atoms with Crippen LogP contribution in [0.15, 0.2) is 89.8 Å². The van der Waals surface area contributed by atoms with Gasteiger partial charge in [0.05, 0.1) is 11.5 Å². The van der Waals surface area contributed by atoms with Gasteiger partial charge in [-0.05, 0) is 40.9 Å². The normalized spacial score (nSPS) is 13.6. The highest BCUT2D eigenvalue weighted by Crippen LogP contribution is 2.36. The fraction of sp³-hybridized carbons (Fsp3) is 0.333. The van der Waals surface area contributed by atoms with Crippen LogP contribution in [0.1, 0.15) is 32.8 Å². The molecule has 0 spiro atoms. The minimum Gasteiger partial charge on any atom is -0.407 e. The zero-order valence-corrected chi connectivity index (χ0v) is 22.2. The summed E-state index contributed by atoms with van der Waals surface area (Å²) in [4.78, 5) is 0.185. The van der Waals surface area contributed by atoms with Gasteiger partial charge in [0, 0.05) is 12.6 Å². The van der Waals surface area contributed by atoms with E-state index in [0.717, 1.165) is 15.9 Å². The molecule has 5 nitrogen and oxygen atoms in total. The van der Waals surface area contributed by atoms with Gasteiger partial charge in [-0.2, -0.15) is 0 Å². The first-order valence-electron chi connectivity index (χ1n) is 11.5. The third-order valence-corrected chi connectivity index (χ3v) is 12.7. The number of benzene rings is 3. The molecule has 0 aliphatic carbocycles. The first-order valence-corrected chi connectivity index (χ1v) is 14.9. The standard InChI is InChI=1S/C27H35NO4SSi/c1-22-15-17-24(18-16-22)33(30,31)28-23(21-29)19-20-32-34(27(2,3)4,25-11-7-5-8-12-25)26-13-9-6-10-14-26/h5-18,23,28-29H,19-21H2,1-4H3. The summed E-state index contributed by atoms with van der Waals surface area (Å²) < 4.78 is 35.1. The van der Waals surface area contributed by atoms with Crippen LogP contribution < -0.4 is 15.1 Å². The van der Waals surface area contributed by atoms with Gasteiger partial charge >= 0.3 is 0 Å². The molecule has 0 aliphatic rings. The Morgan fingerprint density at radius 2 is 1.38 bits per heavy atom. The molecule has 3 aromatic carbocycles. The largest absolute Gasteiger partial charge is 0.407 e. The van der Waals surface area contributed by atoms with E-state index in [4.69, 9.17) is 4.43 Å². The van der Waals surface area contributed by atoms with Crippen LogP contribution in [0, 0.1) is 6.92 Å². The predicted molar refractivity (Wildman–Crippen MR) is 141 cm³/mol. The highest BCUT2D eigenvalue weighted by atomic mass is 32.2. The monoisotopic (exact) mass is 497 g/mol. The average Bonchev–Trinajstić information content (AvgIpc) is 2.81. The lowest BCUT2D eigenvalue weighted by molar-refractivity contribution is 0.217. The number of aliphatic hydroxyl groups excluding tert-OH is 1. The van der Waals surface area contributed by atoms with Crippen LogP contribution in [-0.4, -0.2) is 41.1 Å². The van der Waals surface area contributed by atoms with Gasteiger partial charge in [-0.15, -0.1) is 0 Å². The molecule has 0 amide bonds. The van der Waals surface area contributed by atoms with Crippen LogP contribution >= 0.6 is 0 Å². The number of hydrogen-bond acceptors (Lipinski definition) is 4. The van der Waals surface area contributed by atoms with Crippen molar-refractivity contribution in [1.82, 2.24) is 4.72 Å². The van der Waals surface area contributed by atoms with Gasteiger partial charge in [-0.1, -0.05) is 99.1 Å². The number of sulfonamides is 1. The molecule has 3 rings (SSSR count). The molecule has 0 aromatic heterocycles. The maximum Gasteiger partial charge on any atom is 0.261 e. The second kappa shape index (κ2) is 11.0. The topological polar surface area (TPSA) is 75.6 Å². The van der Waals surface area contributed by atoms with Crippen LogP contribution in [0.25, 0.3) is 0 Å². The number of nitrogens with one attached hydrogen (secondary N) is 1. The van der Waals surface area contributed by atoms with Gasteiger partial charge in [-0.25, -0.2) is 13.1 Å². The Labute approximate surface area is 205 Å². The van der Waals surface area contributed by atoms with Gasteiger partial charge in [0.25, 0.3) is 8.32 Å². The van der Waals surface area contributed by atoms with Gasteiger partial charge in [0.2, 0.25) is 10.0 Å². The molecular formula is C27H35NO4SSi. The van der Waals surface area contributed by atoms with Crippen molar-refractivity contribution in [2.45, 2.75) is 50.1 Å². The summed E-state index contributed by atoms with van der Waals surface area (Å²) in [6.07, 6.45) is 0.353. The molecule has 0 saturated heterocycles. The summed E-state index contributed by atoms with van der Waals surface area (Å²) in [5.74, 6) is 0. The molecule has 0 fully saturated rings. The van der Waals surface area contributed by atoms with Crippen molar-refractivity contribution in [2.75, 3.05) is 13.2 Å². The zero-order chi connectivity index (χ0) is 24.8. The van der Waals surface area contributed by atoms with E-state index in [9.17, 15) is 13.5 Å². The molecule has 0 heterocycles. The highest BCUT2D eigenvalue weighted by molar-refractivity contribution is 7.89. The van der Waals surface area contributed by atoms with Crippen molar-refractivity contribution in [3.8, 4) is 0 Å². The van der Waals surface area contributed by atoms with Crippen LogP contribution in [-0.2, 0) is 14.4 Å². The summed E-state index contributed by atoms with van der Waals surface area (Å²) in [5, 5.41) is 12.1. The molecule has 0 saturated carbocycles. The maximum absolute atomic E-state index is 12.8. The van der Waals surface area contributed by atoms with Crippen LogP contribution in [0.3, 0.4) is 0 Å². The lowest BCUT2D eigenvalue weighted by atomic mass is 10.2. The smallest absolute Gasteiger partial charge is 0.261 e. The SMILES string of the molecule is Cc1ccc(S(=O)(=O)NC(CO)CCO[Si](c2ccccc2)(c2ccccc2)C(C)(C)C)cc1. The highest BCUT2D eigenvalue weighted by Gasteiger charge is 2.50. The van der Waals surface area contributed by atoms with Gasteiger partial charge in [0.1, 0.15) is 0 Å². The predicted octanol–water partition coefficient (Wildman–Crippen LogP) is 3.60. The number of aliphatic hydroxyl groups is 1. The van der Waals surface area contributed by atoms with Gasteiger partial charge in [-0.3, -0.25) is 0 Å². The summed E-state index contributed by atoms with van der Waals surface area (Å²) in [6.45, 7) is 8.50. The van der Waals surface area contributed by atoms with E-state index in [1.165, 1.54) is 0 Å². The van der Waals surface area contributed by atoms with E-state index in [2.05, 4.69) is 49.8 Å². The molecule has 0 radical (unpaired) electrons. The molecule has 2 N–H and O–H groups in total. The molecule has 7 heteroatoms. The van der Waals surface area contributed by atoms with Gasteiger partial charge in [0.15, 0.2) is 0 Å². The Morgan fingerprint density at radius 1 is 0.882 bits per heavy atom. The molecule has 0 aliphatic heterocycles. The Morgan fingerprint density at radius 3 is 1.82 bits per heavy atom. The van der Waals surface area contributed by atoms with E-state index >= 15 is 0 Å². The number of rotatable bonds is 10. The molecule has 0 bridgehead atoms. The van der Waals surface area contributed by atoms with Crippen LogP contribution in [0.2, 0.25) is 5.04 Å². The molecule has 182 valence electrons. The summed E-state index contributed by atoms with van der Waals surface area (Å²) in [7, 11) is -6.46. The van der Waals surface area contributed by atoms with Crippen LogP contribution in [0.5, 0.6) is 0 Å². The van der Waals surface area contributed by atoms with Gasteiger partial charge < -0.3 is 9.53 Å². The van der Waals surface area contributed by atoms with Crippen molar-refractivity contribution in [1.29, 1.82) is 0 Å². The average molecular weight is 498 g/mol. The number of aryl methyl sites for hydroxylation is 1. The van der Waals surface area contributed by atoms with Crippen LogP contribution in [0.4, 0.5) is 0 Å². The minimum atomic E-state index is -3.74. The summed E-state index contributed by atoms with van der Waals surface area (Å²) >= 11 is 0.